The van der Waals surface area contributed by atoms with E-state index in [-0.39, 0.29) is 12.4 Å². The van der Waals surface area contributed by atoms with E-state index < -0.39 is 10.0 Å². The van der Waals surface area contributed by atoms with Gasteiger partial charge in [-0.1, -0.05) is 12.1 Å². The molecule has 1 aromatic rings. The summed E-state index contributed by atoms with van der Waals surface area (Å²) < 4.78 is 25.3. The van der Waals surface area contributed by atoms with Crippen LogP contribution < -0.4 is 5.32 Å². The van der Waals surface area contributed by atoms with Crippen LogP contribution in [0.5, 0.6) is 0 Å². The van der Waals surface area contributed by atoms with Gasteiger partial charge in [-0.15, -0.1) is 12.4 Å². The molecule has 5 nitrogen and oxygen atoms in total. The van der Waals surface area contributed by atoms with Crippen LogP contribution in [0.25, 0.3) is 0 Å². The minimum Gasteiger partial charge on any atom is -0.317 e. The number of nitrogens with zero attached hydrogens (tertiary/aromatic N) is 2. The molecular formula is C15H26ClN3O2S. The van der Waals surface area contributed by atoms with E-state index in [1.165, 1.54) is 17.1 Å². The lowest BCUT2D eigenvalue weighted by Gasteiger charge is -2.31. The SMILES string of the molecule is CNC1CCN(Cc2ccc(S(=O)(=O)N(C)C)cc2)CC1.Cl. The summed E-state index contributed by atoms with van der Waals surface area (Å²) in [7, 11) is 1.79. The van der Waals surface area contributed by atoms with Gasteiger partial charge in [0.2, 0.25) is 10.0 Å². The molecule has 2 rings (SSSR count). The van der Waals surface area contributed by atoms with Gasteiger partial charge in [-0.25, -0.2) is 12.7 Å². The van der Waals surface area contributed by atoms with Crippen molar-refractivity contribution in [2.75, 3.05) is 34.2 Å². The van der Waals surface area contributed by atoms with Gasteiger partial charge in [-0.2, -0.15) is 0 Å². The molecule has 1 N–H and O–H groups in total. The molecule has 1 fully saturated rings. The monoisotopic (exact) mass is 347 g/mol. The van der Waals surface area contributed by atoms with Crippen molar-refractivity contribution in [2.24, 2.45) is 0 Å². The first kappa shape index (κ1) is 19.4. The Balaban J connectivity index is 0.00000242. The summed E-state index contributed by atoms with van der Waals surface area (Å²) in [6, 6.07) is 7.87. The summed E-state index contributed by atoms with van der Waals surface area (Å²) in [5, 5.41) is 3.32. The molecule has 0 aliphatic carbocycles. The van der Waals surface area contributed by atoms with Gasteiger partial charge in [0, 0.05) is 26.7 Å². The van der Waals surface area contributed by atoms with Crippen LogP contribution in [0, 0.1) is 0 Å². The molecule has 0 bridgehead atoms. The van der Waals surface area contributed by atoms with Gasteiger partial charge in [0.15, 0.2) is 0 Å². The van der Waals surface area contributed by atoms with Crippen molar-refractivity contribution in [3.63, 3.8) is 0 Å². The third-order valence-corrected chi connectivity index (χ3v) is 5.93. The molecule has 1 aromatic carbocycles. The molecule has 0 spiro atoms. The van der Waals surface area contributed by atoms with Crippen LogP contribution in [0.2, 0.25) is 0 Å². The number of likely N-dealkylation sites (tertiary alicyclic amines) is 1. The van der Waals surface area contributed by atoms with Crippen molar-refractivity contribution in [1.29, 1.82) is 0 Å². The molecule has 0 saturated carbocycles. The quantitative estimate of drug-likeness (QED) is 0.878. The van der Waals surface area contributed by atoms with Crippen LogP contribution in [0.3, 0.4) is 0 Å². The number of benzene rings is 1. The largest absolute Gasteiger partial charge is 0.317 e. The smallest absolute Gasteiger partial charge is 0.242 e. The maximum absolute atomic E-state index is 12.0. The van der Waals surface area contributed by atoms with Crippen molar-refractivity contribution in [3.8, 4) is 0 Å². The van der Waals surface area contributed by atoms with E-state index >= 15 is 0 Å². The maximum Gasteiger partial charge on any atom is 0.242 e. The highest BCUT2D eigenvalue weighted by molar-refractivity contribution is 7.89. The fourth-order valence-corrected chi connectivity index (χ4v) is 3.52. The molecular weight excluding hydrogens is 322 g/mol. The van der Waals surface area contributed by atoms with Gasteiger partial charge in [-0.3, -0.25) is 4.90 Å². The van der Waals surface area contributed by atoms with Crippen molar-refractivity contribution < 1.29 is 8.42 Å². The second-order valence-corrected chi connectivity index (χ2v) is 7.92. The van der Waals surface area contributed by atoms with E-state index in [0.717, 1.165) is 25.2 Å². The normalized spacial score (nSPS) is 17.5. The lowest BCUT2D eigenvalue weighted by atomic mass is 10.0. The average molecular weight is 348 g/mol. The van der Waals surface area contributed by atoms with Crippen LogP contribution in [-0.2, 0) is 16.6 Å². The first-order valence-corrected chi connectivity index (χ1v) is 8.78. The van der Waals surface area contributed by atoms with E-state index in [1.54, 1.807) is 26.2 Å². The molecule has 0 radical (unpaired) electrons. The summed E-state index contributed by atoms with van der Waals surface area (Å²) in [6.07, 6.45) is 2.34. The minimum atomic E-state index is -3.33. The molecule has 1 saturated heterocycles. The fraction of sp³-hybridized carbons (Fsp3) is 0.600. The van der Waals surface area contributed by atoms with Crippen molar-refractivity contribution >= 4 is 22.4 Å². The molecule has 1 aliphatic rings. The van der Waals surface area contributed by atoms with Crippen molar-refractivity contribution in [2.45, 2.75) is 30.3 Å². The zero-order chi connectivity index (χ0) is 15.5. The van der Waals surface area contributed by atoms with Gasteiger partial charge < -0.3 is 5.32 Å². The summed E-state index contributed by atoms with van der Waals surface area (Å²) in [6.45, 7) is 3.06. The lowest BCUT2D eigenvalue weighted by molar-refractivity contribution is 0.194. The van der Waals surface area contributed by atoms with E-state index in [2.05, 4.69) is 10.2 Å². The third-order valence-electron chi connectivity index (χ3n) is 4.10. The second kappa shape index (κ2) is 8.26. The molecule has 0 atom stereocenters. The molecule has 0 aromatic heterocycles. The standard InChI is InChI=1S/C15H25N3O2S.ClH/c1-16-14-8-10-18(11-9-14)12-13-4-6-15(7-5-13)21(19,20)17(2)3;/h4-7,14,16H,8-12H2,1-3H3;1H. The molecule has 7 heteroatoms. The van der Waals surface area contributed by atoms with Crippen molar-refractivity contribution in [3.05, 3.63) is 29.8 Å². The Morgan fingerprint density at radius 1 is 1.18 bits per heavy atom. The van der Waals surface area contributed by atoms with Gasteiger partial charge in [0.05, 0.1) is 4.90 Å². The predicted molar refractivity (Wildman–Crippen MR) is 91.9 cm³/mol. The van der Waals surface area contributed by atoms with Crippen LogP contribution in [0.1, 0.15) is 18.4 Å². The highest BCUT2D eigenvalue weighted by Gasteiger charge is 2.19. The number of rotatable bonds is 5. The summed E-state index contributed by atoms with van der Waals surface area (Å²) in [4.78, 5) is 2.77. The Kier molecular flexibility index (Phi) is 7.28. The lowest BCUT2D eigenvalue weighted by Crippen LogP contribution is -2.40. The molecule has 1 heterocycles. The maximum atomic E-state index is 12.0. The van der Waals surface area contributed by atoms with E-state index in [1.807, 2.05) is 19.2 Å². The molecule has 1 aliphatic heterocycles. The van der Waals surface area contributed by atoms with E-state index in [0.29, 0.717) is 10.9 Å². The molecule has 0 unspecified atom stereocenters. The van der Waals surface area contributed by atoms with Gasteiger partial charge >= 0.3 is 0 Å². The minimum absolute atomic E-state index is 0. The summed E-state index contributed by atoms with van der Waals surface area (Å²) in [5.41, 5.74) is 1.16. The number of nitrogens with one attached hydrogen (secondary N) is 1. The average Bonchev–Trinajstić information content (AvgIpc) is 2.48. The molecule has 126 valence electrons. The topological polar surface area (TPSA) is 52.7 Å². The van der Waals surface area contributed by atoms with Crippen LogP contribution >= 0.6 is 12.4 Å². The zero-order valence-electron chi connectivity index (χ0n) is 13.4. The Bertz CT molecular complexity index is 553. The van der Waals surface area contributed by atoms with Crippen LogP contribution in [0.15, 0.2) is 29.2 Å². The van der Waals surface area contributed by atoms with Gasteiger partial charge in [0.1, 0.15) is 0 Å². The molecule has 22 heavy (non-hydrogen) atoms. The zero-order valence-corrected chi connectivity index (χ0v) is 15.1. The summed E-state index contributed by atoms with van der Waals surface area (Å²) >= 11 is 0. The third kappa shape index (κ3) is 4.67. The van der Waals surface area contributed by atoms with Crippen LogP contribution in [-0.4, -0.2) is 57.9 Å². The Labute approximate surface area is 140 Å². The number of halogens is 1. The van der Waals surface area contributed by atoms with Crippen LogP contribution in [0.4, 0.5) is 0 Å². The van der Waals surface area contributed by atoms with Crippen molar-refractivity contribution in [1.82, 2.24) is 14.5 Å². The highest BCUT2D eigenvalue weighted by Crippen LogP contribution is 2.17. The van der Waals surface area contributed by atoms with Gasteiger partial charge in [-0.05, 0) is 50.7 Å². The Morgan fingerprint density at radius 2 is 1.73 bits per heavy atom. The Hall–Kier alpha value is -0.660. The van der Waals surface area contributed by atoms with E-state index in [4.69, 9.17) is 0 Å². The number of hydrogen-bond donors (Lipinski definition) is 1. The summed E-state index contributed by atoms with van der Waals surface area (Å²) in [5.74, 6) is 0. The Morgan fingerprint density at radius 3 is 2.18 bits per heavy atom. The molecule has 0 amide bonds. The van der Waals surface area contributed by atoms with Gasteiger partial charge in [0.25, 0.3) is 0 Å². The first-order chi connectivity index (χ1) is 9.93. The predicted octanol–water partition coefficient (Wildman–Crippen LogP) is 1.54. The first-order valence-electron chi connectivity index (χ1n) is 7.34. The number of sulfonamides is 1. The highest BCUT2D eigenvalue weighted by atomic mass is 35.5. The number of hydrogen-bond acceptors (Lipinski definition) is 4. The van der Waals surface area contributed by atoms with E-state index in [9.17, 15) is 8.42 Å². The second-order valence-electron chi connectivity index (χ2n) is 5.77. The number of piperidine rings is 1. The fourth-order valence-electron chi connectivity index (χ4n) is 2.62.